The van der Waals surface area contributed by atoms with Gasteiger partial charge in [0.25, 0.3) is 17.3 Å². The second-order valence-electron chi connectivity index (χ2n) is 8.57. The normalized spacial score (nSPS) is 10.7. The predicted octanol–water partition coefficient (Wildman–Crippen LogP) is 6.24. The minimum absolute atomic E-state index is 0.0736. The summed E-state index contributed by atoms with van der Waals surface area (Å²) < 4.78 is 0. The van der Waals surface area contributed by atoms with Gasteiger partial charge in [0.05, 0.1) is 9.85 Å². The van der Waals surface area contributed by atoms with Gasteiger partial charge >= 0.3 is 0 Å². The van der Waals surface area contributed by atoms with Crippen molar-refractivity contribution in [2.45, 2.75) is 29.7 Å². The van der Waals surface area contributed by atoms with Crippen LogP contribution in [0.3, 0.4) is 0 Å². The van der Waals surface area contributed by atoms with E-state index < -0.39 is 15.8 Å². The summed E-state index contributed by atoms with van der Waals surface area (Å²) in [5, 5.41) is 22.9. The van der Waals surface area contributed by atoms with Gasteiger partial charge in [-0.15, -0.1) is 0 Å². The van der Waals surface area contributed by atoms with Gasteiger partial charge in [0.1, 0.15) is 0 Å². The molecule has 0 saturated heterocycles. The highest BCUT2D eigenvalue weighted by atomic mass is 32.2. The van der Waals surface area contributed by atoms with E-state index in [-0.39, 0.29) is 30.0 Å². The molecule has 0 N–H and O–H groups in total. The number of aryl methyl sites for hydroxylation is 1. The van der Waals surface area contributed by atoms with E-state index in [0.29, 0.717) is 12.0 Å². The van der Waals surface area contributed by atoms with Gasteiger partial charge in [0.2, 0.25) is 0 Å². The molecule has 1 aromatic heterocycles. The number of nitrogens with zero attached hydrogens (tertiary/aromatic N) is 4. The first-order valence-electron chi connectivity index (χ1n) is 11.8. The van der Waals surface area contributed by atoms with Gasteiger partial charge in [-0.1, -0.05) is 41.6 Å². The lowest BCUT2D eigenvalue weighted by Crippen LogP contribution is -2.33. The summed E-state index contributed by atoms with van der Waals surface area (Å²) in [6.07, 6.45) is 2.11. The molecule has 0 bridgehead atoms. The third-order valence-electron chi connectivity index (χ3n) is 5.82. The Morgan fingerprint density at radius 3 is 2.32 bits per heavy atom. The fourth-order valence-corrected chi connectivity index (χ4v) is 4.74. The van der Waals surface area contributed by atoms with Crippen LogP contribution in [0.4, 0.5) is 11.4 Å². The molecule has 0 aliphatic rings. The summed E-state index contributed by atoms with van der Waals surface area (Å²) in [6.45, 7) is 2.32. The van der Waals surface area contributed by atoms with Crippen LogP contribution in [0.5, 0.6) is 0 Å². The van der Waals surface area contributed by atoms with E-state index in [4.69, 9.17) is 0 Å². The lowest BCUT2D eigenvalue weighted by molar-refractivity contribution is -0.385. The molecule has 0 aliphatic carbocycles. The highest BCUT2D eigenvalue weighted by molar-refractivity contribution is 7.99. The Hall–Kier alpha value is -4.57. The van der Waals surface area contributed by atoms with Crippen LogP contribution in [-0.4, -0.2) is 32.2 Å². The standard InChI is InChI=1S/C28H24N4O5S/c1-20-8-11-26(12-9-20)38-27-13-10-25(32(36)37)18-22(27)19-30(16-14-23-6-2-3-15-29-23)28(33)21-5-4-7-24(17-21)31(34)35/h2-13,15,17-18H,14,16,19H2,1H3. The van der Waals surface area contributed by atoms with Crippen molar-refractivity contribution < 1.29 is 14.6 Å². The average Bonchev–Trinajstić information content (AvgIpc) is 2.93. The molecule has 4 aromatic rings. The maximum atomic E-state index is 13.6. The minimum Gasteiger partial charge on any atom is -0.334 e. The molecule has 4 rings (SSSR count). The second-order valence-corrected chi connectivity index (χ2v) is 9.68. The molecular formula is C28H24N4O5S. The number of rotatable bonds is 10. The Bertz CT molecular complexity index is 1460. The number of hydrogen-bond acceptors (Lipinski definition) is 7. The summed E-state index contributed by atoms with van der Waals surface area (Å²) in [5.41, 5.74) is 2.38. The van der Waals surface area contributed by atoms with Crippen molar-refractivity contribution in [3.05, 3.63) is 134 Å². The molecule has 0 unspecified atom stereocenters. The number of benzene rings is 3. The van der Waals surface area contributed by atoms with Crippen LogP contribution in [-0.2, 0) is 13.0 Å². The van der Waals surface area contributed by atoms with Gasteiger partial charge in [-0.2, -0.15) is 0 Å². The summed E-state index contributed by atoms with van der Waals surface area (Å²) in [5.74, 6) is -0.414. The summed E-state index contributed by atoms with van der Waals surface area (Å²) in [6, 6.07) is 23.6. The smallest absolute Gasteiger partial charge is 0.270 e. The highest BCUT2D eigenvalue weighted by Gasteiger charge is 2.22. The predicted molar refractivity (Wildman–Crippen MR) is 144 cm³/mol. The lowest BCUT2D eigenvalue weighted by atomic mass is 10.1. The Kier molecular flexibility index (Phi) is 8.44. The zero-order valence-electron chi connectivity index (χ0n) is 20.5. The first-order valence-corrected chi connectivity index (χ1v) is 12.6. The number of nitro groups is 2. The SMILES string of the molecule is Cc1ccc(Sc2ccc([N+](=O)[O-])cc2CN(CCc2ccccn2)C(=O)c2cccc([N+](=O)[O-])c2)cc1. The van der Waals surface area contributed by atoms with Gasteiger partial charge in [0.15, 0.2) is 0 Å². The molecule has 10 heteroatoms. The first-order chi connectivity index (χ1) is 18.3. The van der Waals surface area contributed by atoms with Crippen molar-refractivity contribution in [3.8, 4) is 0 Å². The number of amides is 1. The number of carbonyl (C=O) groups is 1. The van der Waals surface area contributed by atoms with Crippen LogP contribution < -0.4 is 0 Å². The molecule has 192 valence electrons. The maximum Gasteiger partial charge on any atom is 0.270 e. The zero-order valence-corrected chi connectivity index (χ0v) is 21.3. The number of aromatic nitrogens is 1. The maximum absolute atomic E-state index is 13.6. The second kappa shape index (κ2) is 12.1. The van der Waals surface area contributed by atoms with Crippen molar-refractivity contribution in [2.75, 3.05) is 6.54 Å². The fourth-order valence-electron chi connectivity index (χ4n) is 3.82. The number of non-ortho nitro benzene ring substituents is 2. The van der Waals surface area contributed by atoms with Gasteiger partial charge in [0, 0.05) is 71.0 Å². The summed E-state index contributed by atoms with van der Waals surface area (Å²) >= 11 is 1.45. The Balaban J connectivity index is 1.69. The van der Waals surface area contributed by atoms with E-state index in [9.17, 15) is 25.0 Å². The third-order valence-corrected chi connectivity index (χ3v) is 6.95. The largest absolute Gasteiger partial charge is 0.334 e. The molecule has 1 heterocycles. The molecule has 0 aliphatic heterocycles. The first kappa shape index (κ1) is 26.5. The number of hydrogen-bond donors (Lipinski definition) is 0. The molecule has 3 aromatic carbocycles. The van der Waals surface area contributed by atoms with Gasteiger partial charge in [-0.05, 0) is 48.9 Å². The van der Waals surface area contributed by atoms with Gasteiger partial charge in [-0.25, -0.2) is 0 Å². The van der Waals surface area contributed by atoms with E-state index in [1.165, 1.54) is 48.2 Å². The Morgan fingerprint density at radius 2 is 1.63 bits per heavy atom. The summed E-state index contributed by atoms with van der Waals surface area (Å²) in [4.78, 5) is 43.0. The number of nitro benzene ring substituents is 2. The van der Waals surface area contributed by atoms with Crippen LogP contribution in [0.1, 0.15) is 27.2 Å². The van der Waals surface area contributed by atoms with E-state index in [1.807, 2.05) is 43.3 Å². The lowest BCUT2D eigenvalue weighted by Gasteiger charge is -2.24. The zero-order chi connectivity index (χ0) is 27.1. The van der Waals surface area contributed by atoms with Crippen LogP contribution in [0.2, 0.25) is 0 Å². The molecule has 0 fully saturated rings. The van der Waals surface area contributed by atoms with Gasteiger partial charge in [-0.3, -0.25) is 30.0 Å². The van der Waals surface area contributed by atoms with Crippen molar-refractivity contribution in [1.82, 2.24) is 9.88 Å². The molecule has 0 spiro atoms. The van der Waals surface area contributed by atoms with Crippen molar-refractivity contribution in [1.29, 1.82) is 0 Å². The van der Waals surface area contributed by atoms with Crippen LogP contribution >= 0.6 is 11.8 Å². The monoisotopic (exact) mass is 528 g/mol. The van der Waals surface area contributed by atoms with Crippen LogP contribution in [0.15, 0.2) is 101 Å². The molecule has 0 atom stereocenters. The molecule has 0 saturated carbocycles. The van der Waals surface area contributed by atoms with E-state index in [1.54, 1.807) is 23.2 Å². The Morgan fingerprint density at radius 1 is 0.895 bits per heavy atom. The molecule has 0 radical (unpaired) electrons. The topological polar surface area (TPSA) is 119 Å². The van der Waals surface area contributed by atoms with Crippen molar-refractivity contribution in [2.24, 2.45) is 0 Å². The fraction of sp³-hybridized carbons (Fsp3) is 0.143. The van der Waals surface area contributed by atoms with Gasteiger partial charge < -0.3 is 4.90 Å². The highest BCUT2D eigenvalue weighted by Crippen LogP contribution is 2.34. The molecule has 9 nitrogen and oxygen atoms in total. The van der Waals surface area contributed by atoms with E-state index in [0.717, 1.165) is 21.0 Å². The third kappa shape index (κ3) is 6.80. The van der Waals surface area contributed by atoms with Crippen molar-refractivity contribution in [3.63, 3.8) is 0 Å². The molecule has 1 amide bonds. The molecular weight excluding hydrogens is 504 g/mol. The molecule has 38 heavy (non-hydrogen) atoms. The number of pyridine rings is 1. The van der Waals surface area contributed by atoms with E-state index >= 15 is 0 Å². The van der Waals surface area contributed by atoms with Crippen molar-refractivity contribution >= 4 is 29.0 Å². The average molecular weight is 529 g/mol. The van der Waals surface area contributed by atoms with Crippen LogP contribution in [0, 0.1) is 27.2 Å². The van der Waals surface area contributed by atoms with Crippen LogP contribution in [0.25, 0.3) is 0 Å². The number of carbonyl (C=O) groups excluding carboxylic acids is 1. The van der Waals surface area contributed by atoms with E-state index in [2.05, 4.69) is 4.98 Å². The quantitative estimate of drug-likeness (QED) is 0.176. The summed E-state index contributed by atoms with van der Waals surface area (Å²) in [7, 11) is 0. The minimum atomic E-state index is -0.550. The Labute approximate surface area is 223 Å².